The largest absolute Gasteiger partial charge is 0.469 e. The highest BCUT2D eigenvalue weighted by molar-refractivity contribution is 5.69. The van der Waals surface area contributed by atoms with Crippen molar-refractivity contribution in [2.24, 2.45) is 0 Å². The third kappa shape index (κ3) is 4.51. The number of hydrogen-bond acceptors (Lipinski definition) is 2. The lowest BCUT2D eigenvalue weighted by molar-refractivity contribution is -0.703. The molecule has 4 heteroatoms. The molecule has 0 aliphatic heterocycles. The van der Waals surface area contributed by atoms with Crippen LogP contribution in [0.4, 0.5) is 0 Å². The zero-order chi connectivity index (χ0) is 13.4. The number of aryl methyl sites for hydroxylation is 3. The minimum Gasteiger partial charge on any atom is -0.469 e. The van der Waals surface area contributed by atoms with E-state index in [1.165, 1.54) is 25.6 Å². The SMILES string of the molecule is CCCCn1cc(CCC(=O)OC)[n+](CCC)c1. The van der Waals surface area contributed by atoms with Gasteiger partial charge in [0.15, 0.2) is 0 Å². The van der Waals surface area contributed by atoms with Crippen molar-refractivity contribution < 1.29 is 14.1 Å². The van der Waals surface area contributed by atoms with Gasteiger partial charge in [0.25, 0.3) is 0 Å². The van der Waals surface area contributed by atoms with Gasteiger partial charge in [-0.25, -0.2) is 9.13 Å². The van der Waals surface area contributed by atoms with Gasteiger partial charge in [-0.1, -0.05) is 20.3 Å². The van der Waals surface area contributed by atoms with Gasteiger partial charge < -0.3 is 4.74 Å². The van der Waals surface area contributed by atoms with Crippen molar-refractivity contribution in [3.63, 3.8) is 0 Å². The summed E-state index contributed by atoms with van der Waals surface area (Å²) in [5.41, 5.74) is 1.22. The monoisotopic (exact) mass is 253 g/mol. The summed E-state index contributed by atoms with van der Waals surface area (Å²) in [6.07, 6.45) is 9.03. The second-order valence-electron chi connectivity index (χ2n) is 4.60. The lowest BCUT2D eigenvalue weighted by atomic mass is 10.2. The molecular weight excluding hydrogens is 228 g/mol. The van der Waals surface area contributed by atoms with E-state index < -0.39 is 0 Å². The van der Waals surface area contributed by atoms with Crippen molar-refractivity contribution in [3.05, 3.63) is 18.2 Å². The van der Waals surface area contributed by atoms with Crippen LogP contribution in [0.3, 0.4) is 0 Å². The Hall–Kier alpha value is -1.32. The van der Waals surface area contributed by atoms with Gasteiger partial charge >= 0.3 is 5.97 Å². The van der Waals surface area contributed by atoms with Crippen molar-refractivity contribution >= 4 is 5.97 Å². The summed E-state index contributed by atoms with van der Waals surface area (Å²) in [6, 6.07) is 0. The number of rotatable bonds is 8. The summed E-state index contributed by atoms with van der Waals surface area (Å²) in [4.78, 5) is 11.2. The molecule has 0 amide bonds. The number of methoxy groups -OCH3 is 1. The maximum Gasteiger partial charge on any atom is 0.305 e. The standard InChI is InChI=1S/C14H25N2O2/c1-4-6-10-15-11-13(7-8-14(17)18-3)16(12-15)9-5-2/h11-12H,4-10H2,1-3H3/q+1. The molecule has 0 fully saturated rings. The van der Waals surface area contributed by atoms with Crippen LogP contribution in [0.25, 0.3) is 0 Å². The topological polar surface area (TPSA) is 35.1 Å². The van der Waals surface area contributed by atoms with Gasteiger partial charge in [0.2, 0.25) is 6.33 Å². The number of esters is 1. The summed E-state index contributed by atoms with van der Waals surface area (Å²) in [5, 5.41) is 0. The van der Waals surface area contributed by atoms with Gasteiger partial charge in [-0.2, -0.15) is 0 Å². The van der Waals surface area contributed by atoms with Crippen molar-refractivity contribution in [3.8, 4) is 0 Å². The second-order valence-corrected chi connectivity index (χ2v) is 4.60. The molecule has 0 saturated heterocycles. The van der Waals surface area contributed by atoms with Gasteiger partial charge in [-0.3, -0.25) is 4.79 Å². The van der Waals surface area contributed by atoms with E-state index in [0.717, 1.165) is 25.9 Å². The maximum absolute atomic E-state index is 11.2. The second kappa shape index (κ2) is 7.90. The molecule has 0 aliphatic rings. The summed E-state index contributed by atoms with van der Waals surface area (Å²) in [7, 11) is 1.44. The van der Waals surface area contributed by atoms with Crippen LogP contribution >= 0.6 is 0 Å². The number of imidazole rings is 1. The predicted molar refractivity (Wildman–Crippen MR) is 70.2 cm³/mol. The Morgan fingerprint density at radius 2 is 2.17 bits per heavy atom. The number of carbonyl (C=O) groups is 1. The van der Waals surface area contributed by atoms with Gasteiger partial charge in [-0.15, -0.1) is 0 Å². The molecule has 0 unspecified atom stereocenters. The Morgan fingerprint density at radius 3 is 2.78 bits per heavy atom. The van der Waals surface area contributed by atoms with E-state index in [1.54, 1.807) is 0 Å². The first-order valence-electron chi connectivity index (χ1n) is 6.86. The fourth-order valence-corrected chi connectivity index (χ4v) is 2.00. The molecule has 1 aromatic heterocycles. The van der Waals surface area contributed by atoms with E-state index in [1.807, 2.05) is 0 Å². The maximum atomic E-state index is 11.2. The van der Waals surface area contributed by atoms with E-state index in [9.17, 15) is 4.79 Å². The van der Waals surface area contributed by atoms with E-state index >= 15 is 0 Å². The number of nitrogens with zero attached hydrogens (tertiary/aromatic N) is 2. The highest BCUT2D eigenvalue weighted by Crippen LogP contribution is 2.02. The molecule has 0 aliphatic carbocycles. The first-order valence-corrected chi connectivity index (χ1v) is 6.86. The number of hydrogen-bond donors (Lipinski definition) is 0. The van der Waals surface area contributed by atoms with Crippen molar-refractivity contribution in [1.82, 2.24) is 4.57 Å². The minimum absolute atomic E-state index is 0.139. The highest BCUT2D eigenvalue weighted by atomic mass is 16.5. The molecule has 0 radical (unpaired) electrons. The molecule has 18 heavy (non-hydrogen) atoms. The highest BCUT2D eigenvalue weighted by Gasteiger charge is 2.14. The molecule has 0 bridgehead atoms. The number of carbonyl (C=O) groups excluding carboxylic acids is 1. The quantitative estimate of drug-likeness (QED) is 0.525. The number of unbranched alkanes of at least 4 members (excludes halogenated alkanes) is 1. The summed E-state index contributed by atoms with van der Waals surface area (Å²) >= 11 is 0. The Bertz CT molecular complexity index is 372. The molecule has 4 nitrogen and oxygen atoms in total. The Labute approximate surface area is 110 Å². The molecule has 0 aromatic carbocycles. The van der Waals surface area contributed by atoms with Crippen LogP contribution in [-0.2, 0) is 29.0 Å². The van der Waals surface area contributed by atoms with E-state index in [4.69, 9.17) is 0 Å². The van der Waals surface area contributed by atoms with Crippen LogP contribution in [0.5, 0.6) is 0 Å². The molecule has 0 spiro atoms. The average molecular weight is 253 g/mol. The first kappa shape index (κ1) is 14.7. The Morgan fingerprint density at radius 1 is 1.39 bits per heavy atom. The zero-order valence-corrected chi connectivity index (χ0v) is 11.8. The lowest BCUT2D eigenvalue weighted by Gasteiger charge is -1.99. The van der Waals surface area contributed by atoms with Crippen molar-refractivity contribution in [1.29, 1.82) is 0 Å². The fourth-order valence-electron chi connectivity index (χ4n) is 2.00. The van der Waals surface area contributed by atoms with Crippen LogP contribution in [-0.4, -0.2) is 17.6 Å². The van der Waals surface area contributed by atoms with Gasteiger partial charge in [0, 0.05) is 6.42 Å². The number of aromatic nitrogens is 2. The smallest absolute Gasteiger partial charge is 0.305 e. The van der Waals surface area contributed by atoms with Gasteiger partial charge in [0.1, 0.15) is 11.9 Å². The molecule has 0 atom stereocenters. The molecule has 0 saturated carbocycles. The van der Waals surface area contributed by atoms with Crippen LogP contribution in [0, 0.1) is 0 Å². The summed E-state index contributed by atoms with van der Waals surface area (Å²) < 4.78 is 9.17. The van der Waals surface area contributed by atoms with Crippen LogP contribution in [0.15, 0.2) is 12.5 Å². The van der Waals surface area contributed by atoms with E-state index in [-0.39, 0.29) is 5.97 Å². The molecule has 1 rings (SSSR count). The van der Waals surface area contributed by atoms with Crippen molar-refractivity contribution in [2.75, 3.05) is 7.11 Å². The number of ether oxygens (including phenoxy) is 1. The lowest BCUT2D eigenvalue weighted by Crippen LogP contribution is -2.35. The predicted octanol–water partition coefficient (Wildman–Crippen LogP) is 2.09. The third-order valence-corrected chi connectivity index (χ3v) is 3.02. The molecule has 1 heterocycles. The van der Waals surface area contributed by atoms with E-state index in [2.05, 4.69) is 40.2 Å². The summed E-state index contributed by atoms with van der Waals surface area (Å²) in [5.74, 6) is -0.139. The first-order chi connectivity index (χ1) is 8.71. The zero-order valence-electron chi connectivity index (χ0n) is 11.8. The molecule has 0 N–H and O–H groups in total. The molecule has 102 valence electrons. The van der Waals surface area contributed by atoms with E-state index in [0.29, 0.717) is 6.42 Å². The minimum atomic E-state index is -0.139. The van der Waals surface area contributed by atoms with Crippen LogP contribution in [0.2, 0.25) is 0 Å². The van der Waals surface area contributed by atoms with Gasteiger partial charge in [-0.05, 0) is 12.8 Å². The average Bonchev–Trinajstić information content (AvgIpc) is 2.76. The van der Waals surface area contributed by atoms with Gasteiger partial charge in [0.05, 0.1) is 26.6 Å². The third-order valence-electron chi connectivity index (χ3n) is 3.02. The fraction of sp³-hybridized carbons (Fsp3) is 0.714. The summed E-state index contributed by atoms with van der Waals surface area (Å²) in [6.45, 7) is 6.43. The Balaban J connectivity index is 2.67. The van der Waals surface area contributed by atoms with Crippen LogP contribution in [0.1, 0.15) is 45.2 Å². The normalized spacial score (nSPS) is 10.6. The Kier molecular flexibility index (Phi) is 6.47. The van der Waals surface area contributed by atoms with Crippen LogP contribution < -0.4 is 4.57 Å². The molecule has 1 aromatic rings. The van der Waals surface area contributed by atoms with Crippen molar-refractivity contribution in [2.45, 2.75) is 59.0 Å². The molecular formula is C14H25N2O2+.